The van der Waals surface area contributed by atoms with Crippen molar-refractivity contribution in [3.05, 3.63) is 24.0 Å². The predicted octanol–water partition coefficient (Wildman–Crippen LogP) is 1.71. The van der Waals surface area contributed by atoms with Crippen molar-refractivity contribution in [1.82, 2.24) is 19.7 Å². The summed E-state index contributed by atoms with van der Waals surface area (Å²) < 4.78 is 1.81. The van der Waals surface area contributed by atoms with Gasteiger partial charge in [0.05, 0.1) is 11.6 Å². The highest BCUT2D eigenvalue weighted by molar-refractivity contribution is 7.98. The van der Waals surface area contributed by atoms with E-state index in [4.69, 9.17) is 11.5 Å². The minimum atomic E-state index is -0.549. The fourth-order valence-electron chi connectivity index (χ4n) is 2.66. The number of rotatable bonds is 5. The number of carbonyl (C=O) groups is 1. The van der Waals surface area contributed by atoms with Gasteiger partial charge in [-0.1, -0.05) is 17.8 Å². The summed E-state index contributed by atoms with van der Waals surface area (Å²) in [5.41, 5.74) is 13.0. The van der Waals surface area contributed by atoms with Crippen LogP contribution in [0.5, 0.6) is 0 Å². The molecule has 1 atom stereocenters. The second kappa shape index (κ2) is 6.13. The summed E-state index contributed by atoms with van der Waals surface area (Å²) in [6.45, 7) is 2.55. The van der Waals surface area contributed by atoms with Crippen LogP contribution in [-0.2, 0) is 0 Å². The van der Waals surface area contributed by atoms with Crippen LogP contribution in [0.15, 0.2) is 23.5 Å². The molecule has 1 amide bonds. The number of benzene rings is 1. The van der Waals surface area contributed by atoms with E-state index in [1.165, 1.54) is 11.8 Å². The maximum absolute atomic E-state index is 11.8. The van der Waals surface area contributed by atoms with Gasteiger partial charge >= 0.3 is 0 Å². The normalized spacial score (nSPS) is 12.8. The Morgan fingerprint density at radius 2 is 2.22 bits per heavy atom. The molecule has 2 aromatic heterocycles. The van der Waals surface area contributed by atoms with E-state index in [0.29, 0.717) is 17.1 Å². The van der Waals surface area contributed by atoms with Crippen molar-refractivity contribution in [1.29, 1.82) is 0 Å². The molecule has 0 aliphatic rings. The largest absolute Gasteiger partial charge is 0.364 e. The molecule has 0 saturated heterocycles. The summed E-state index contributed by atoms with van der Waals surface area (Å²) in [4.78, 5) is 20.7. The SMILES string of the molecule is CSc1ncc2ccc3c(C(N)=O)nn(C(C)CCN)c3c2n1. The van der Waals surface area contributed by atoms with Crippen molar-refractivity contribution in [2.45, 2.75) is 24.5 Å². The van der Waals surface area contributed by atoms with E-state index in [0.717, 1.165) is 22.8 Å². The van der Waals surface area contributed by atoms with E-state index < -0.39 is 5.91 Å². The van der Waals surface area contributed by atoms with Crippen LogP contribution in [0.3, 0.4) is 0 Å². The molecule has 0 radical (unpaired) electrons. The third kappa shape index (κ3) is 2.64. The van der Waals surface area contributed by atoms with Gasteiger partial charge in [0.1, 0.15) is 5.52 Å². The van der Waals surface area contributed by atoms with Crippen LogP contribution in [0, 0.1) is 0 Å². The Bertz CT molecular complexity index is 890. The molecule has 8 heteroatoms. The van der Waals surface area contributed by atoms with Crippen molar-refractivity contribution >= 4 is 39.5 Å². The van der Waals surface area contributed by atoms with E-state index in [1.807, 2.05) is 30.0 Å². The molecule has 23 heavy (non-hydrogen) atoms. The molecule has 0 bridgehead atoms. The van der Waals surface area contributed by atoms with Crippen molar-refractivity contribution in [2.24, 2.45) is 11.5 Å². The number of hydrogen-bond donors (Lipinski definition) is 2. The Kier molecular flexibility index (Phi) is 4.18. The molecule has 0 fully saturated rings. The molecule has 7 nitrogen and oxygen atoms in total. The molecule has 0 saturated carbocycles. The van der Waals surface area contributed by atoms with Gasteiger partial charge in [0, 0.05) is 17.0 Å². The molecule has 2 heterocycles. The quantitative estimate of drug-likeness (QED) is 0.544. The lowest BCUT2D eigenvalue weighted by Crippen LogP contribution is -2.15. The summed E-state index contributed by atoms with van der Waals surface area (Å²) in [6.07, 6.45) is 4.44. The Labute approximate surface area is 137 Å². The number of amides is 1. The fraction of sp³-hybridized carbons (Fsp3) is 0.333. The van der Waals surface area contributed by atoms with Crippen molar-refractivity contribution in [3.8, 4) is 0 Å². The minimum Gasteiger partial charge on any atom is -0.364 e. The molecule has 0 aliphatic carbocycles. The molecule has 3 aromatic rings. The van der Waals surface area contributed by atoms with Gasteiger partial charge < -0.3 is 11.5 Å². The van der Waals surface area contributed by atoms with Crippen LogP contribution in [-0.4, -0.2) is 38.5 Å². The number of fused-ring (bicyclic) bond motifs is 3. The third-order valence-corrected chi connectivity index (χ3v) is 4.38. The van der Waals surface area contributed by atoms with Gasteiger partial charge in [-0.3, -0.25) is 9.48 Å². The number of primary amides is 1. The van der Waals surface area contributed by atoms with E-state index in [2.05, 4.69) is 15.1 Å². The maximum Gasteiger partial charge on any atom is 0.269 e. The second-order valence-electron chi connectivity index (χ2n) is 5.34. The summed E-state index contributed by atoms with van der Waals surface area (Å²) >= 11 is 1.47. The number of aromatic nitrogens is 4. The lowest BCUT2D eigenvalue weighted by molar-refractivity contribution is 0.0996. The number of hydrogen-bond acceptors (Lipinski definition) is 6. The topological polar surface area (TPSA) is 113 Å². The number of nitrogens with two attached hydrogens (primary N) is 2. The van der Waals surface area contributed by atoms with Crippen LogP contribution < -0.4 is 11.5 Å². The van der Waals surface area contributed by atoms with Crippen LogP contribution >= 0.6 is 11.8 Å². The zero-order valence-corrected chi connectivity index (χ0v) is 13.8. The molecule has 4 N–H and O–H groups in total. The average Bonchev–Trinajstić information content (AvgIpc) is 2.95. The first-order chi connectivity index (χ1) is 11.1. The third-order valence-electron chi connectivity index (χ3n) is 3.81. The van der Waals surface area contributed by atoms with E-state index in [1.54, 1.807) is 6.20 Å². The van der Waals surface area contributed by atoms with Gasteiger partial charge in [0.25, 0.3) is 5.91 Å². The first kappa shape index (κ1) is 15.7. The molecular weight excluding hydrogens is 312 g/mol. The first-order valence-electron chi connectivity index (χ1n) is 7.28. The smallest absolute Gasteiger partial charge is 0.269 e. The van der Waals surface area contributed by atoms with Crippen LogP contribution in [0.25, 0.3) is 21.8 Å². The van der Waals surface area contributed by atoms with Crippen LogP contribution in [0.2, 0.25) is 0 Å². The summed E-state index contributed by atoms with van der Waals surface area (Å²) in [6, 6.07) is 3.76. The predicted molar refractivity (Wildman–Crippen MR) is 91.5 cm³/mol. The second-order valence-corrected chi connectivity index (χ2v) is 6.11. The molecule has 3 rings (SSSR count). The monoisotopic (exact) mass is 330 g/mol. The highest BCUT2D eigenvalue weighted by Crippen LogP contribution is 2.30. The zero-order chi connectivity index (χ0) is 16.6. The average molecular weight is 330 g/mol. The molecular formula is C15H18N6OS. The van der Waals surface area contributed by atoms with Crippen molar-refractivity contribution in [2.75, 3.05) is 12.8 Å². The Balaban J connectivity index is 2.40. The fourth-order valence-corrected chi connectivity index (χ4v) is 3.00. The van der Waals surface area contributed by atoms with E-state index in [9.17, 15) is 4.79 Å². The number of thioether (sulfide) groups is 1. The van der Waals surface area contributed by atoms with Gasteiger partial charge in [-0.2, -0.15) is 5.10 Å². The zero-order valence-electron chi connectivity index (χ0n) is 13.0. The maximum atomic E-state index is 11.8. The van der Waals surface area contributed by atoms with Gasteiger partial charge in [0.2, 0.25) is 0 Å². The molecule has 0 aliphatic heterocycles. The van der Waals surface area contributed by atoms with Crippen molar-refractivity contribution in [3.63, 3.8) is 0 Å². The Morgan fingerprint density at radius 1 is 1.43 bits per heavy atom. The highest BCUT2D eigenvalue weighted by Gasteiger charge is 2.20. The first-order valence-corrected chi connectivity index (χ1v) is 8.51. The Hall–Kier alpha value is -2.19. The van der Waals surface area contributed by atoms with Gasteiger partial charge in [-0.05, 0) is 32.2 Å². The Morgan fingerprint density at radius 3 is 2.87 bits per heavy atom. The molecule has 1 aromatic carbocycles. The van der Waals surface area contributed by atoms with Crippen LogP contribution in [0.1, 0.15) is 29.9 Å². The standard InChI is InChI=1S/C15H18N6OS/c1-8(5-6-16)21-13-10(12(20-21)14(17)22)4-3-9-7-18-15(23-2)19-11(9)13/h3-4,7-8H,5-6,16H2,1-2H3,(H2,17,22). The van der Waals surface area contributed by atoms with Gasteiger partial charge in [0.15, 0.2) is 10.9 Å². The van der Waals surface area contributed by atoms with Crippen molar-refractivity contribution < 1.29 is 4.79 Å². The molecule has 1 unspecified atom stereocenters. The highest BCUT2D eigenvalue weighted by atomic mass is 32.2. The number of nitrogens with zero attached hydrogens (tertiary/aromatic N) is 4. The summed E-state index contributed by atoms with van der Waals surface area (Å²) in [5.74, 6) is -0.549. The molecule has 0 spiro atoms. The van der Waals surface area contributed by atoms with Crippen LogP contribution in [0.4, 0.5) is 0 Å². The number of carbonyl (C=O) groups excluding carboxylic acids is 1. The van der Waals surface area contributed by atoms with E-state index >= 15 is 0 Å². The summed E-state index contributed by atoms with van der Waals surface area (Å²) in [7, 11) is 0. The van der Waals surface area contributed by atoms with Gasteiger partial charge in [-0.25, -0.2) is 9.97 Å². The lowest BCUT2D eigenvalue weighted by Gasteiger charge is -2.13. The lowest BCUT2D eigenvalue weighted by atomic mass is 10.1. The summed E-state index contributed by atoms with van der Waals surface area (Å²) in [5, 5.41) is 6.71. The van der Waals surface area contributed by atoms with E-state index in [-0.39, 0.29) is 11.7 Å². The molecule has 120 valence electrons. The van der Waals surface area contributed by atoms with Gasteiger partial charge in [-0.15, -0.1) is 0 Å². The minimum absolute atomic E-state index is 0.0360.